The molecule has 3 rings (SSSR count). The fourth-order valence-corrected chi connectivity index (χ4v) is 4.42. The zero-order chi connectivity index (χ0) is 21.2. The number of aliphatic carboxylic acids is 1. The summed E-state index contributed by atoms with van der Waals surface area (Å²) >= 11 is 1.31. The number of Topliss-reactive ketones (excluding diaryl/α,β-unsaturated/α-hetero) is 1. The minimum atomic E-state index is -0.972. The van der Waals surface area contributed by atoms with Crippen molar-refractivity contribution in [1.29, 1.82) is 0 Å². The fraction of sp³-hybridized carbons (Fsp3) is 0.364. The maximum Gasteiger partial charge on any atom is 0.303 e. The van der Waals surface area contributed by atoms with Crippen LogP contribution in [0.4, 0.5) is 0 Å². The van der Waals surface area contributed by atoms with Crippen LogP contribution < -0.4 is 0 Å². The predicted octanol–water partition coefficient (Wildman–Crippen LogP) is 4.60. The molecule has 7 heteroatoms. The number of hydrogen-bond acceptors (Lipinski definition) is 5. The van der Waals surface area contributed by atoms with Crippen molar-refractivity contribution in [1.82, 2.24) is 14.8 Å². The van der Waals surface area contributed by atoms with E-state index in [4.69, 9.17) is 5.11 Å². The fourth-order valence-electron chi connectivity index (χ4n) is 3.34. The molecule has 0 aliphatic heterocycles. The number of hydrogen-bond donors (Lipinski definition) is 1. The van der Waals surface area contributed by atoms with Gasteiger partial charge in [-0.25, -0.2) is 0 Å². The molecule has 0 unspecified atom stereocenters. The first-order valence-corrected chi connectivity index (χ1v) is 10.4. The van der Waals surface area contributed by atoms with Crippen LogP contribution >= 0.6 is 11.8 Å². The van der Waals surface area contributed by atoms with Crippen molar-refractivity contribution in [3.8, 4) is 5.69 Å². The predicted molar refractivity (Wildman–Crippen MR) is 115 cm³/mol. The van der Waals surface area contributed by atoms with E-state index in [0.717, 1.165) is 23.3 Å². The highest BCUT2D eigenvalue weighted by Gasteiger charge is 2.31. The van der Waals surface area contributed by atoms with E-state index < -0.39 is 10.7 Å². The third-order valence-corrected chi connectivity index (χ3v) is 6.18. The number of aromatic nitrogens is 3. The Morgan fingerprint density at radius 2 is 1.76 bits per heavy atom. The van der Waals surface area contributed by atoms with E-state index in [0.29, 0.717) is 5.16 Å². The van der Waals surface area contributed by atoms with Gasteiger partial charge in [0, 0.05) is 11.8 Å². The van der Waals surface area contributed by atoms with Crippen LogP contribution in [-0.2, 0) is 16.0 Å². The summed E-state index contributed by atoms with van der Waals surface area (Å²) in [6.07, 6.45) is 0.767. The van der Waals surface area contributed by atoms with E-state index >= 15 is 0 Å². The molecule has 1 aromatic heterocycles. The topological polar surface area (TPSA) is 85.1 Å². The number of carbonyl (C=O) groups excluding carboxylic acids is 1. The standard InChI is InChI=1S/C22H25N3O3S/c1-5-15-10-11-18(17-9-7-6-8-16(15)17)25-14(2)23-24-21(25)29-22(3,4)19(26)12-13-20(27)28/h6-11H,5,12-13H2,1-4H3,(H,27,28). The molecule has 0 fully saturated rings. The van der Waals surface area contributed by atoms with Crippen molar-refractivity contribution in [2.45, 2.75) is 56.9 Å². The molecule has 0 aliphatic carbocycles. The molecule has 0 saturated heterocycles. The number of aryl methyl sites for hydroxylation is 2. The number of thioether (sulfide) groups is 1. The van der Waals surface area contributed by atoms with E-state index in [1.807, 2.05) is 23.6 Å². The van der Waals surface area contributed by atoms with Gasteiger partial charge in [-0.05, 0) is 44.2 Å². The van der Waals surface area contributed by atoms with E-state index in [1.165, 1.54) is 22.7 Å². The molecule has 1 N–H and O–H groups in total. The number of benzene rings is 2. The zero-order valence-corrected chi connectivity index (χ0v) is 17.9. The van der Waals surface area contributed by atoms with Crippen LogP contribution in [0.2, 0.25) is 0 Å². The molecule has 2 aromatic carbocycles. The average Bonchev–Trinajstić information content (AvgIpc) is 3.04. The Labute approximate surface area is 174 Å². The largest absolute Gasteiger partial charge is 0.481 e. The Balaban J connectivity index is 2.02. The summed E-state index contributed by atoms with van der Waals surface area (Å²) in [5.41, 5.74) is 2.24. The second-order valence-electron chi connectivity index (χ2n) is 7.44. The molecule has 1 heterocycles. The molecule has 0 atom stereocenters. The van der Waals surface area contributed by atoms with Gasteiger partial charge in [0.25, 0.3) is 0 Å². The maximum atomic E-state index is 12.6. The molecule has 3 aromatic rings. The Kier molecular flexibility index (Phi) is 6.07. The minimum absolute atomic E-state index is 0.00339. The van der Waals surface area contributed by atoms with E-state index in [1.54, 1.807) is 13.8 Å². The van der Waals surface area contributed by atoms with E-state index in [-0.39, 0.29) is 18.6 Å². The molecule has 152 valence electrons. The summed E-state index contributed by atoms with van der Waals surface area (Å²) in [6.45, 7) is 7.62. The van der Waals surface area contributed by atoms with Gasteiger partial charge >= 0.3 is 5.97 Å². The van der Waals surface area contributed by atoms with Gasteiger partial charge in [0.2, 0.25) is 0 Å². The van der Waals surface area contributed by atoms with Gasteiger partial charge in [0.1, 0.15) is 11.6 Å². The minimum Gasteiger partial charge on any atom is -0.481 e. The SMILES string of the molecule is CCc1ccc(-n2c(C)nnc2SC(C)(C)C(=O)CCC(=O)O)c2ccccc12. The lowest BCUT2D eigenvalue weighted by Crippen LogP contribution is -2.28. The molecule has 0 amide bonds. The monoisotopic (exact) mass is 411 g/mol. The van der Waals surface area contributed by atoms with Gasteiger partial charge in [-0.2, -0.15) is 0 Å². The highest BCUT2D eigenvalue weighted by molar-refractivity contribution is 8.01. The molecule has 0 aliphatic rings. The molecule has 0 saturated carbocycles. The first-order chi connectivity index (χ1) is 13.7. The second-order valence-corrected chi connectivity index (χ2v) is 9.03. The summed E-state index contributed by atoms with van der Waals surface area (Å²) in [7, 11) is 0. The van der Waals surface area contributed by atoms with Crippen LogP contribution in [0.25, 0.3) is 16.5 Å². The van der Waals surface area contributed by atoms with Crippen LogP contribution in [0.15, 0.2) is 41.6 Å². The van der Waals surface area contributed by atoms with Gasteiger partial charge in [-0.1, -0.05) is 49.0 Å². The molecule has 6 nitrogen and oxygen atoms in total. The highest BCUT2D eigenvalue weighted by Crippen LogP contribution is 2.36. The normalized spacial score (nSPS) is 11.7. The molecule has 0 spiro atoms. The number of nitrogens with zero attached hydrogens (tertiary/aromatic N) is 3. The average molecular weight is 412 g/mol. The molecular weight excluding hydrogens is 386 g/mol. The summed E-state index contributed by atoms with van der Waals surface area (Å²) in [5.74, 6) is -0.361. The summed E-state index contributed by atoms with van der Waals surface area (Å²) in [4.78, 5) is 23.4. The Bertz CT molecular complexity index is 1070. The van der Waals surface area contributed by atoms with Crippen molar-refractivity contribution >= 4 is 34.3 Å². The third-order valence-electron chi connectivity index (χ3n) is 4.99. The lowest BCUT2D eigenvalue weighted by atomic mass is 10.0. The number of carboxylic acid groups (broad SMARTS) is 1. The number of carbonyl (C=O) groups is 2. The van der Waals surface area contributed by atoms with E-state index in [9.17, 15) is 9.59 Å². The van der Waals surface area contributed by atoms with Crippen LogP contribution in [0.5, 0.6) is 0 Å². The lowest BCUT2D eigenvalue weighted by Gasteiger charge is -2.22. The van der Waals surface area contributed by atoms with Gasteiger partial charge in [-0.3, -0.25) is 14.2 Å². The van der Waals surface area contributed by atoms with Gasteiger partial charge < -0.3 is 5.11 Å². The Hall–Kier alpha value is -2.67. The second kappa shape index (κ2) is 8.37. The van der Waals surface area contributed by atoms with Gasteiger partial charge in [0.15, 0.2) is 5.16 Å². The third kappa shape index (κ3) is 4.34. The number of ketones is 1. The number of fused-ring (bicyclic) bond motifs is 1. The molecule has 29 heavy (non-hydrogen) atoms. The van der Waals surface area contributed by atoms with Crippen molar-refractivity contribution in [2.24, 2.45) is 0 Å². The molecular formula is C22H25N3O3S. The first-order valence-electron chi connectivity index (χ1n) is 9.61. The van der Waals surface area contributed by atoms with Crippen LogP contribution in [0.1, 0.15) is 45.0 Å². The van der Waals surface area contributed by atoms with Crippen molar-refractivity contribution in [2.75, 3.05) is 0 Å². The smallest absolute Gasteiger partial charge is 0.303 e. The molecule has 0 bridgehead atoms. The quantitative estimate of drug-likeness (QED) is 0.546. The molecule has 0 radical (unpaired) electrons. The number of carboxylic acids is 1. The summed E-state index contributed by atoms with van der Waals surface area (Å²) < 4.78 is 1.16. The van der Waals surface area contributed by atoms with Crippen LogP contribution in [-0.4, -0.2) is 36.4 Å². The van der Waals surface area contributed by atoms with Crippen molar-refractivity contribution in [3.05, 3.63) is 47.8 Å². The van der Waals surface area contributed by atoms with Gasteiger partial charge in [-0.15, -0.1) is 10.2 Å². The van der Waals surface area contributed by atoms with Gasteiger partial charge in [0.05, 0.1) is 16.9 Å². The lowest BCUT2D eigenvalue weighted by molar-refractivity contribution is -0.138. The maximum absolute atomic E-state index is 12.6. The van der Waals surface area contributed by atoms with Crippen LogP contribution in [0.3, 0.4) is 0 Å². The van der Waals surface area contributed by atoms with Crippen LogP contribution in [0, 0.1) is 6.92 Å². The first kappa shape index (κ1) is 21.0. The Morgan fingerprint density at radius 3 is 2.41 bits per heavy atom. The van der Waals surface area contributed by atoms with E-state index in [2.05, 4.69) is 41.4 Å². The Morgan fingerprint density at radius 1 is 1.07 bits per heavy atom. The van der Waals surface area contributed by atoms with Crippen molar-refractivity contribution < 1.29 is 14.7 Å². The van der Waals surface area contributed by atoms with Crippen molar-refractivity contribution in [3.63, 3.8) is 0 Å². The zero-order valence-electron chi connectivity index (χ0n) is 17.1. The summed E-state index contributed by atoms with van der Waals surface area (Å²) in [5, 5.41) is 20.3. The summed E-state index contributed by atoms with van der Waals surface area (Å²) in [6, 6.07) is 12.4. The highest BCUT2D eigenvalue weighted by atomic mass is 32.2. The number of rotatable bonds is 8.